The lowest BCUT2D eigenvalue weighted by Gasteiger charge is -2.33. The molecule has 7 heteroatoms. The SMILES string of the molecule is CC[C@@H](C(=O)NC1CCCCC1)N(Cc1ccc(Cl)cc1Cl)C(=O)COc1ccc(C)cc1. The van der Waals surface area contributed by atoms with Crippen molar-refractivity contribution >= 4 is 35.0 Å². The van der Waals surface area contributed by atoms with Gasteiger partial charge in [0.15, 0.2) is 6.61 Å². The molecule has 1 atom stereocenters. The predicted molar refractivity (Wildman–Crippen MR) is 133 cm³/mol. The molecule has 0 unspecified atom stereocenters. The summed E-state index contributed by atoms with van der Waals surface area (Å²) in [5.41, 5.74) is 1.84. The number of hydrogen-bond donors (Lipinski definition) is 1. The Kier molecular flexibility index (Phi) is 9.45. The lowest BCUT2D eigenvalue weighted by Crippen LogP contribution is -2.52. The zero-order valence-corrected chi connectivity index (χ0v) is 20.8. The zero-order chi connectivity index (χ0) is 23.8. The van der Waals surface area contributed by atoms with Gasteiger partial charge in [0.2, 0.25) is 5.91 Å². The molecule has 1 aliphatic carbocycles. The minimum absolute atomic E-state index is 0.127. The fourth-order valence-corrected chi connectivity index (χ4v) is 4.63. The van der Waals surface area contributed by atoms with Crippen LogP contribution in [0.1, 0.15) is 56.6 Å². The molecule has 5 nitrogen and oxygen atoms in total. The maximum Gasteiger partial charge on any atom is 0.261 e. The molecule has 1 fully saturated rings. The molecule has 1 saturated carbocycles. The third-order valence-corrected chi connectivity index (χ3v) is 6.66. The minimum atomic E-state index is -0.618. The quantitative estimate of drug-likeness (QED) is 0.473. The second-order valence-corrected chi connectivity index (χ2v) is 9.47. The molecule has 0 aromatic heterocycles. The Hall–Kier alpha value is -2.24. The van der Waals surface area contributed by atoms with E-state index in [9.17, 15) is 9.59 Å². The fourth-order valence-electron chi connectivity index (χ4n) is 4.16. The largest absolute Gasteiger partial charge is 0.484 e. The second kappa shape index (κ2) is 12.3. The molecular weight excluding hydrogens is 459 g/mol. The molecule has 2 aromatic rings. The molecule has 0 saturated heterocycles. The smallest absolute Gasteiger partial charge is 0.261 e. The van der Waals surface area contributed by atoms with Crippen molar-refractivity contribution < 1.29 is 14.3 Å². The second-order valence-electron chi connectivity index (χ2n) is 8.63. The molecule has 1 aliphatic rings. The van der Waals surface area contributed by atoms with Crippen LogP contribution in [0.3, 0.4) is 0 Å². The first-order valence-corrected chi connectivity index (χ1v) is 12.4. The average molecular weight is 491 g/mol. The van der Waals surface area contributed by atoms with Gasteiger partial charge in [0.1, 0.15) is 11.8 Å². The Balaban J connectivity index is 1.77. The summed E-state index contributed by atoms with van der Waals surface area (Å²) in [6.07, 6.45) is 5.90. The van der Waals surface area contributed by atoms with E-state index in [1.54, 1.807) is 23.1 Å². The van der Waals surface area contributed by atoms with E-state index in [1.807, 2.05) is 38.1 Å². The van der Waals surface area contributed by atoms with Crippen LogP contribution in [0.25, 0.3) is 0 Å². The zero-order valence-electron chi connectivity index (χ0n) is 19.3. The van der Waals surface area contributed by atoms with Gasteiger partial charge in [0.05, 0.1) is 0 Å². The molecule has 0 bridgehead atoms. The van der Waals surface area contributed by atoms with Crippen LogP contribution < -0.4 is 10.1 Å². The van der Waals surface area contributed by atoms with Crippen LogP contribution in [0.4, 0.5) is 0 Å². The highest BCUT2D eigenvalue weighted by Crippen LogP contribution is 2.24. The van der Waals surface area contributed by atoms with Gasteiger partial charge in [-0.2, -0.15) is 0 Å². The lowest BCUT2D eigenvalue weighted by atomic mass is 9.95. The Bertz CT molecular complexity index is 943. The Labute approximate surface area is 206 Å². The lowest BCUT2D eigenvalue weighted by molar-refractivity contribution is -0.143. The van der Waals surface area contributed by atoms with Crippen molar-refractivity contribution in [1.29, 1.82) is 0 Å². The summed E-state index contributed by atoms with van der Waals surface area (Å²) in [4.78, 5) is 28.1. The Morgan fingerprint density at radius 3 is 2.42 bits per heavy atom. The summed E-state index contributed by atoms with van der Waals surface area (Å²) in [5.74, 6) is 0.212. The maximum atomic E-state index is 13.3. The summed E-state index contributed by atoms with van der Waals surface area (Å²) >= 11 is 12.4. The van der Waals surface area contributed by atoms with E-state index in [4.69, 9.17) is 27.9 Å². The molecule has 3 rings (SSSR count). The van der Waals surface area contributed by atoms with Crippen molar-refractivity contribution in [1.82, 2.24) is 10.2 Å². The van der Waals surface area contributed by atoms with Crippen molar-refractivity contribution in [3.05, 3.63) is 63.6 Å². The number of rotatable bonds is 9. The van der Waals surface area contributed by atoms with Crippen molar-refractivity contribution in [2.24, 2.45) is 0 Å². The normalized spacial score (nSPS) is 15.0. The molecule has 33 heavy (non-hydrogen) atoms. The van der Waals surface area contributed by atoms with Crippen molar-refractivity contribution in [3.8, 4) is 5.75 Å². The van der Waals surface area contributed by atoms with E-state index >= 15 is 0 Å². The topological polar surface area (TPSA) is 58.6 Å². The van der Waals surface area contributed by atoms with Gasteiger partial charge in [-0.05, 0) is 56.0 Å². The average Bonchev–Trinajstić information content (AvgIpc) is 2.80. The van der Waals surface area contributed by atoms with Gasteiger partial charge in [0, 0.05) is 22.6 Å². The molecular formula is C26H32Cl2N2O3. The molecule has 0 spiro atoms. The van der Waals surface area contributed by atoms with Crippen LogP contribution in [0.2, 0.25) is 10.0 Å². The molecule has 0 heterocycles. The van der Waals surface area contributed by atoms with Crippen molar-refractivity contribution in [2.75, 3.05) is 6.61 Å². The Morgan fingerprint density at radius 1 is 1.09 bits per heavy atom. The van der Waals surface area contributed by atoms with Crippen LogP contribution in [-0.4, -0.2) is 35.4 Å². The number of nitrogens with one attached hydrogen (secondary N) is 1. The predicted octanol–water partition coefficient (Wildman–Crippen LogP) is 5.94. The van der Waals surface area contributed by atoms with E-state index in [2.05, 4.69) is 5.32 Å². The molecule has 178 valence electrons. The molecule has 2 amide bonds. The monoisotopic (exact) mass is 490 g/mol. The maximum absolute atomic E-state index is 13.3. The summed E-state index contributed by atoms with van der Waals surface area (Å²) in [7, 11) is 0. The van der Waals surface area contributed by atoms with E-state index in [1.165, 1.54) is 6.42 Å². The number of ether oxygens (including phenoxy) is 1. The highest BCUT2D eigenvalue weighted by Gasteiger charge is 2.31. The van der Waals surface area contributed by atoms with E-state index < -0.39 is 6.04 Å². The Morgan fingerprint density at radius 2 is 1.79 bits per heavy atom. The number of amides is 2. The molecule has 1 N–H and O–H groups in total. The number of halogens is 2. The van der Waals surface area contributed by atoms with Gasteiger partial charge in [-0.15, -0.1) is 0 Å². The van der Waals surface area contributed by atoms with E-state index in [0.29, 0.717) is 22.2 Å². The van der Waals surface area contributed by atoms with Crippen LogP contribution in [0, 0.1) is 6.92 Å². The highest BCUT2D eigenvalue weighted by atomic mass is 35.5. The number of carbonyl (C=O) groups excluding carboxylic acids is 2. The van der Waals surface area contributed by atoms with E-state index in [-0.39, 0.29) is 31.0 Å². The number of carbonyl (C=O) groups is 2. The summed E-state index contributed by atoms with van der Waals surface area (Å²) < 4.78 is 5.74. The fraction of sp³-hybridized carbons (Fsp3) is 0.462. The van der Waals surface area contributed by atoms with Crippen molar-refractivity contribution in [3.63, 3.8) is 0 Å². The number of hydrogen-bond acceptors (Lipinski definition) is 3. The van der Waals surface area contributed by atoms with Gasteiger partial charge in [-0.1, -0.05) is 73.2 Å². The first-order valence-electron chi connectivity index (χ1n) is 11.6. The minimum Gasteiger partial charge on any atom is -0.484 e. The van der Waals surface area contributed by atoms with Crippen LogP contribution in [0.5, 0.6) is 5.75 Å². The van der Waals surface area contributed by atoms with Crippen LogP contribution in [0.15, 0.2) is 42.5 Å². The third kappa shape index (κ3) is 7.38. The van der Waals surface area contributed by atoms with Gasteiger partial charge in [-0.25, -0.2) is 0 Å². The van der Waals surface area contributed by atoms with Crippen LogP contribution >= 0.6 is 23.2 Å². The van der Waals surface area contributed by atoms with E-state index in [0.717, 1.165) is 36.8 Å². The highest BCUT2D eigenvalue weighted by molar-refractivity contribution is 6.35. The summed E-state index contributed by atoms with van der Waals surface area (Å²) in [6.45, 7) is 3.93. The van der Waals surface area contributed by atoms with Gasteiger partial charge in [-0.3, -0.25) is 9.59 Å². The van der Waals surface area contributed by atoms with Crippen LogP contribution in [-0.2, 0) is 16.1 Å². The van der Waals surface area contributed by atoms with Gasteiger partial charge < -0.3 is 15.0 Å². The number of benzene rings is 2. The first kappa shape index (κ1) is 25.4. The van der Waals surface area contributed by atoms with Gasteiger partial charge in [0.25, 0.3) is 5.91 Å². The number of nitrogens with zero attached hydrogens (tertiary/aromatic N) is 1. The molecule has 2 aromatic carbocycles. The third-order valence-electron chi connectivity index (χ3n) is 6.08. The molecule has 0 aliphatic heterocycles. The number of aryl methyl sites for hydroxylation is 1. The van der Waals surface area contributed by atoms with Crippen molar-refractivity contribution in [2.45, 2.75) is 71.0 Å². The summed E-state index contributed by atoms with van der Waals surface area (Å²) in [6, 6.07) is 12.2. The molecule has 0 radical (unpaired) electrons. The summed E-state index contributed by atoms with van der Waals surface area (Å²) in [5, 5.41) is 4.15. The first-order chi connectivity index (χ1) is 15.9. The standard InChI is InChI=1S/C26H32Cl2N2O3/c1-3-24(26(32)29-21-7-5-4-6-8-21)30(16-19-11-12-20(27)15-23(19)28)25(31)17-33-22-13-9-18(2)10-14-22/h9-15,21,24H,3-8,16-17H2,1-2H3,(H,29,32)/t24-/m0/s1. The van der Waals surface area contributed by atoms with Gasteiger partial charge >= 0.3 is 0 Å².